The van der Waals surface area contributed by atoms with Crippen molar-refractivity contribution in [3.8, 4) is 0 Å². The largest absolute Gasteiger partial charge is 0.305 e. The molecule has 1 heterocycles. The van der Waals surface area contributed by atoms with Gasteiger partial charge in [-0.15, -0.1) is 0 Å². The highest BCUT2D eigenvalue weighted by atomic mass is 16.2. The van der Waals surface area contributed by atoms with Crippen LogP contribution in [0.1, 0.15) is 53.0 Å². The van der Waals surface area contributed by atoms with Crippen LogP contribution < -0.4 is 5.32 Å². The third kappa shape index (κ3) is 3.07. The quantitative estimate of drug-likeness (QED) is 0.318. The molecule has 1 N–H and O–H groups in total. The van der Waals surface area contributed by atoms with Crippen LogP contribution in [-0.4, -0.2) is 15.5 Å². The van der Waals surface area contributed by atoms with E-state index in [2.05, 4.69) is 83.5 Å². The fourth-order valence-electron chi connectivity index (χ4n) is 6.53. The second kappa shape index (κ2) is 7.92. The number of amides is 1. The van der Waals surface area contributed by atoms with Gasteiger partial charge < -0.3 is 4.57 Å². The summed E-state index contributed by atoms with van der Waals surface area (Å²) in [5, 5.41) is 3.29. The Morgan fingerprint density at radius 2 is 1.42 bits per heavy atom. The Balaban J connectivity index is 1.30. The molecule has 0 spiro atoms. The number of para-hydroxylation sites is 2. The second-order valence-electron chi connectivity index (χ2n) is 10.3. The van der Waals surface area contributed by atoms with E-state index in [0.717, 1.165) is 17.5 Å². The third-order valence-corrected chi connectivity index (χ3v) is 8.21. The molecule has 4 aromatic carbocycles. The minimum atomic E-state index is -0.580. The van der Waals surface area contributed by atoms with E-state index in [-0.39, 0.29) is 17.7 Å². The highest BCUT2D eigenvalue weighted by Crippen LogP contribution is 2.61. The van der Waals surface area contributed by atoms with Crippen molar-refractivity contribution in [3.63, 3.8) is 0 Å². The summed E-state index contributed by atoms with van der Waals surface area (Å²) in [5.41, 5.74) is 7.78. The van der Waals surface area contributed by atoms with Crippen molar-refractivity contribution in [3.05, 3.63) is 131 Å². The van der Waals surface area contributed by atoms with Crippen LogP contribution in [-0.2, 0) is 11.3 Å². The summed E-state index contributed by atoms with van der Waals surface area (Å²) in [6.07, 6.45) is 0.788. The summed E-state index contributed by atoms with van der Waals surface area (Å²) in [7, 11) is 0. The Morgan fingerprint density at radius 1 is 0.833 bits per heavy atom. The van der Waals surface area contributed by atoms with Crippen molar-refractivity contribution in [2.75, 3.05) is 5.32 Å². The summed E-state index contributed by atoms with van der Waals surface area (Å²) >= 11 is 0. The molecular formula is C32H27N3O. The molecule has 1 unspecified atom stereocenters. The number of anilines is 1. The molecule has 4 heteroatoms. The maximum atomic E-state index is 14.2. The summed E-state index contributed by atoms with van der Waals surface area (Å²) in [5.74, 6) is 0.878. The lowest BCUT2D eigenvalue weighted by molar-refractivity contribution is -0.126. The zero-order chi connectivity index (χ0) is 24.3. The zero-order valence-corrected chi connectivity index (χ0v) is 20.2. The molecule has 8 rings (SSSR count). The molecule has 4 nitrogen and oxygen atoms in total. The predicted molar refractivity (Wildman–Crippen MR) is 143 cm³/mol. The van der Waals surface area contributed by atoms with Gasteiger partial charge in [-0.2, -0.15) is 0 Å². The number of carbonyl (C=O) groups is 1. The lowest BCUT2D eigenvalue weighted by Gasteiger charge is -2.50. The van der Waals surface area contributed by atoms with E-state index in [9.17, 15) is 4.79 Å². The lowest BCUT2D eigenvalue weighted by atomic mass is 9.52. The molecule has 36 heavy (non-hydrogen) atoms. The number of aromatic nitrogens is 2. The number of hydrogen-bond acceptors (Lipinski definition) is 2. The maximum absolute atomic E-state index is 14.2. The van der Waals surface area contributed by atoms with Gasteiger partial charge in [-0.25, -0.2) is 4.98 Å². The van der Waals surface area contributed by atoms with Crippen LogP contribution in [0.25, 0.3) is 11.0 Å². The van der Waals surface area contributed by atoms with Crippen LogP contribution in [0.2, 0.25) is 0 Å². The topological polar surface area (TPSA) is 46.9 Å². The smallest absolute Gasteiger partial charge is 0.233 e. The molecule has 0 radical (unpaired) electrons. The van der Waals surface area contributed by atoms with Crippen molar-refractivity contribution in [1.82, 2.24) is 9.55 Å². The molecule has 1 atom stereocenters. The van der Waals surface area contributed by atoms with Crippen LogP contribution in [0.15, 0.2) is 103 Å². The minimum Gasteiger partial charge on any atom is -0.305 e. The van der Waals surface area contributed by atoms with Gasteiger partial charge in [0, 0.05) is 11.8 Å². The normalized spacial score (nSPS) is 21.7. The summed E-state index contributed by atoms with van der Waals surface area (Å²) < 4.78 is 2.12. The molecule has 2 bridgehead atoms. The Morgan fingerprint density at radius 3 is 2.11 bits per heavy atom. The van der Waals surface area contributed by atoms with E-state index in [1.807, 2.05) is 36.4 Å². The number of nitrogens with zero attached hydrogens (tertiary/aromatic N) is 2. The van der Waals surface area contributed by atoms with Gasteiger partial charge in [0.1, 0.15) is 0 Å². The molecule has 0 aliphatic heterocycles. The molecule has 176 valence electrons. The zero-order valence-electron chi connectivity index (χ0n) is 20.2. The summed E-state index contributed by atoms with van der Waals surface area (Å²) in [4.78, 5) is 19.1. The molecule has 0 saturated heterocycles. The molecule has 3 aliphatic rings. The van der Waals surface area contributed by atoms with Gasteiger partial charge in [-0.1, -0.05) is 91.0 Å². The van der Waals surface area contributed by atoms with Gasteiger partial charge in [0.15, 0.2) is 0 Å². The van der Waals surface area contributed by atoms with Crippen molar-refractivity contribution in [2.24, 2.45) is 5.41 Å². The Bertz CT molecular complexity index is 1570. The molecule has 0 fully saturated rings. The van der Waals surface area contributed by atoms with Gasteiger partial charge in [0.2, 0.25) is 11.9 Å². The average molecular weight is 470 g/mol. The SMILES string of the molecule is CC1(C(=O)Nc2nc3ccccc3n2Cc2ccccc2)CC2c3ccccc3C1c1ccccc12. The standard InChI is InChI=1S/C32H27N3O/c1-32(19-26-22-13-5-7-15-24(22)29(32)25-16-8-6-14-23(25)26)30(36)34-31-33-27-17-9-10-18-28(27)35(31)20-21-11-3-2-4-12-21/h2-18,26,29H,19-20H2,1H3,(H,33,34,36). The molecular weight excluding hydrogens is 442 g/mol. The van der Waals surface area contributed by atoms with Crippen LogP contribution in [0.4, 0.5) is 5.95 Å². The van der Waals surface area contributed by atoms with E-state index in [1.54, 1.807) is 0 Å². The number of carbonyl (C=O) groups excluding carboxylic acids is 1. The van der Waals surface area contributed by atoms with Crippen LogP contribution in [0.3, 0.4) is 0 Å². The fourth-order valence-corrected chi connectivity index (χ4v) is 6.53. The summed E-state index contributed by atoms with van der Waals surface area (Å²) in [6.45, 7) is 2.78. The highest BCUT2D eigenvalue weighted by Gasteiger charge is 2.54. The van der Waals surface area contributed by atoms with E-state index in [1.165, 1.54) is 27.8 Å². The number of hydrogen-bond donors (Lipinski definition) is 1. The number of fused-ring (bicyclic) bond motifs is 2. The maximum Gasteiger partial charge on any atom is 0.233 e. The number of nitrogens with one attached hydrogen (secondary N) is 1. The van der Waals surface area contributed by atoms with E-state index in [0.29, 0.717) is 12.5 Å². The molecule has 0 saturated carbocycles. The average Bonchev–Trinajstić information content (AvgIpc) is 3.26. The molecule has 1 aromatic heterocycles. The van der Waals surface area contributed by atoms with E-state index in [4.69, 9.17) is 4.98 Å². The van der Waals surface area contributed by atoms with Crippen molar-refractivity contribution in [2.45, 2.75) is 31.7 Å². The van der Waals surface area contributed by atoms with Gasteiger partial charge in [-0.05, 0) is 53.3 Å². The first-order valence-corrected chi connectivity index (χ1v) is 12.6. The first-order valence-electron chi connectivity index (χ1n) is 12.6. The van der Waals surface area contributed by atoms with E-state index >= 15 is 0 Å². The first kappa shape index (κ1) is 21.1. The van der Waals surface area contributed by atoms with Crippen LogP contribution in [0, 0.1) is 5.41 Å². The number of imidazole rings is 1. The van der Waals surface area contributed by atoms with Crippen LogP contribution in [0.5, 0.6) is 0 Å². The van der Waals surface area contributed by atoms with Gasteiger partial charge in [-0.3, -0.25) is 10.1 Å². The molecule has 3 aliphatic carbocycles. The van der Waals surface area contributed by atoms with Crippen molar-refractivity contribution in [1.29, 1.82) is 0 Å². The van der Waals surface area contributed by atoms with Gasteiger partial charge in [0.05, 0.1) is 23.0 Å². The van der Waals surface area contributed by atoms with Crippen molar-refractivity contribution < 1.29 is 4.79 Å². The van der Waals surface area contributed by atoms with Gasteiger partial charge in [0.25, 0.3) is 0 Å². The second-order valence-corrected chi connectivity index (χ2v) is 10.3. The number of rotatable bonds is 4. The Labute approximate surface area is 210 Å². The van der Waals surface area contributed by atoms with Crippen molar-refractivity contribution >= 4 is 22.9 Å². The Kier molecular flexibility index (Phi) is 4.65. The first-order chi connectivity index (χ1) is 17.6. The van der Waals surface area contributed by atoms with E-state index < -0.39 is 5.41 Å². The third-order valence-electron chi connectivity index (χ3n) is 8.21. The molecule has 1 amide bonds. The fraction of sp³-hybridized carbons (Fsp3) is 0.188. The van der Waals surface area contributed by atoms with Gasteiger partial charge >= 0.3 is 0 Å². The lowest BCUT2D eigenvalue weighted by Crippen LogP contribution is -2.47. The highest BCUT2D eigenvalue weighted by molar-refractivity contribution is 5.97. The Hall–Kier alpha value is -4.18. The van der Waals surface area contributed by atoms with Crippen LogP contribution >= 0.6 is 0 Å². The predicted octanol–water partition coefficient (Wildman–Crippen LogP) is 6.71. The number of benzene rings is 4. The molecule has 5 aromatic rings. The minimum absolute atomic E-state index is 0.0156. The monoisotopic (exact) mass is 469 g/mol. The summed E-state index contributed by atoms with van der Waals surface area (Å²) in [6, 6.07) is 35.7.